The minimum Gasteiger partial charge on any atom is -0.459 e. The van der Waals surface area contributed by atoms with Crippen LogP contribution in [0.1, 0.15) is 134 Å². The number of rotatable bonds is 7. The monoisotopic (exact) mass is 763 g/mol. The molecule has 56 heavy (non-hydrogen) atoms. The van der Waals surface area contributed by atoms with Crippen LogP contribution >= 0.6 is 0 Å². The quantitative estimate of drug-likeness (QED) is 0.214. The predicted molar refractivity (Wildman–Crippen MR) is 219 cm³/mol. The summed E-state index contributed by atoms with van der Waals surface area (Å²) in [5, 5.41) is 10.5. The van der Waals surface area contributed by atoms with E-state index in [9.17, 15) is 14.7 Å². The Labute approximate surface area is 334 Å². The third-order valence-corrected chi connectivity index (χ3v) is 17.1. The number of esters is 2. The van der Waals surface area contributed by atoms with Crippen LogP contribution in [0.4, 0.5) is 0 Å². The lowest BCUT2D eigenvalue weighted by Gasteiger charge is -2.72. The van der Waals surface area contributed by atoms with Gasteiger partial charge in [-0.05, 0) is 145 Å². The topological polar surface area (TPSA) is 108 Å². The van der Waals surface area contributed by atoms with Crippen molar-refractivity contribution in [2.24, 2.45) is 57.0 Å². The van der Waals surface area contributed by atoms with Crippen LogP contribution in [0.2, 0.25) is 0 Å². The van der Waals surface area contributed by atoms with Gasteiger partial charge in [0, 0.05) is 18.4 Å². The Kier molecular flexibility index (Phi) is 10.1. The highest BCUT2D eigenvalue weighted by atomic mass is 16.7. The molecule has 2 aromatic rings. The van der Waals surface area contributed by atoms with Crippen LogP contribution in [0.3, 0.4) is 0 Å². The molecule has 302 valence electrons. The highest BCUT2D eigenvalue weighted by Crippen LogP contribution is 2.76. The molecular formula is C49H65NO6. The Hall–Kier alpha value is -3.26. The molecule has 7 nitrogen and oxygen atoms in total. The smallest absolute Gasteiger partial charge is 0.340 e. The van der Waals surface area contributed by atoms with Crippen LogP contribution in [0.15, 0.2) is 72.8 Å². The van der Waals surface area contributed by atoms with Gasteiger partial charge in [0.1, 0.15) is 6.61 Å². The molecule has 2 aromatic carbocycles. The molecule has 0 amide bonds. The zero-order chi connectivity index (χ0) is 39.8. The van der Waals surface area contributed by atoms with Crippen molar-refractivity contribution in [2.75, 3.05) is 0 Å². The number of allylic oxidation sites excluding steroid dienone is 3. The number of ether oxygens (including phenoxy) is 3. The Morgan fingerprint density at radius 3 is 2.32 bits per heavy atom. The van der Waals surface area contributed by atoms with Crippen LogP contribution in [0, 0.1) is 51.2 Å². The second-order valence-electron chi connectivity index (χ2n) is 20.2. The summed E-state index contributed by atoms with van der Waals surface area (Å²) >= 11 is 0. The lowest BCUT2D eigenvalue weighted by Crippen LogP contribution is -2.67. The van der Waals surface area contributed by atoms with E-state index in [0.717, 1.165) is 30.4 Å². The molecule has 12 atom stereocenters. The number of aliphatic hydroxyl groups excluding tert-OH is 1. The van der Waals surface area contributed by atoms with Crippen LogP contribution in [0.25, 0.3) is 5.57 Å². The fourth-order valence-corrected chi connectivity index (χ4v) is 14.2. The number of carbonyl (C=O) groups excluding carboxylic acids is 2. The molecule has 1 saturated heterocycles. The van der Waals surface area contributed by atoms with Crippen molar-refractivity contribution in [3.8, 4) is 0 Å². The molecule has 3 unspecified atom stereocenters. The van der Waals surface area contributed by atoms with Gasteiger partial charge >= 0.3 is 11.9 Å². The van der Waals surface area contributed by atoms with Crippen molar-refractivity contribution in [3.05, 3.63) is 89.5 Å². The minimum atomic E-state index is -1.05. The van der Waals surface area contributed by atoms with Gasteiger partial charge in [0.15, 0.2) is 6.10 Å². The van der Waals surface area contributed by atoms with Gasteiger partial charge in [0.05, 0.1) is 11.7 Å². The first kappa shape index (κ1) is 39.6. The van der Waals surface area contributed by atoms with E-state index in [1.165, 1.54) is 49.7 Å². The van der Waals surface area contributed by atoms with Crippen molar-refractivity contribution < 1.29 is 28.9 Å². The van der Waals surface area contributed by atoms with Crippen molar-refractivity contribution in [2.45, 2.75) is 143 Å². The highest BCUT2D eigenvalue weighted by molar-refractivity contribution is 5.90. The van der Waals surface area contributed by atoms with Gasteiger partial charge in [-0.25, -0.2) is 9.59 Å². The number of carbonyl (C=O) groups is 2. The number of aliphatic hydroxyl groups is 1. The van der Waals surface area contributed by atoms with Gasteiger partial charge in [-0.2, -0.15) is 0 Å². The molecule has 4 saturated carbocycles. The summed E-state index contributed by atoms with van der Waals surface area (Å²) in [6, 6.07) is 17.1. The van der Waals surface area contributed by atoms with E-state index in [0.29, 0.717) is 35.2 Å². The molecule has 5 fully saturated rings. The molecule has 0 aromatic heterocycles. The second kappa shape index (κ2) is 14.2. The van der Waals surface area contributed by atoms with Crippen molar-refractivity contribution in [1.29, 1.82) is 0 Å². The van der Waals surface area contributed by atoms with Crippen molar-refractivity contribution in [3.63, 3.8) is 0 Å². The molecule has 6 aliphatic rings. The summed E-state index contributed by atoms with van der Waals surface area (Å²) in [7, 11) is 0. The number of fused-ring (bicyclic) bond motifs is 7. The van der Waals surface area contributed by atoms with Crippen LogP contribution in [-0.2, 0) is 25.6 Å². The van der Waals surface area contributed by atoms with E-state index < -0.39 is 30.4 Å². The Morgan fingerprint density at radius 2 is 1.61 bits per heavy atom. The average molecular weight is 764 g/mol. The lowest BCUT2D eigenvalue weighted by molar-refractivity contribution is -0.217. The molecule has 0 bridgehead atoms. The normalized spacial score (nSPS) is 41.2. The Bertz CT molecular complexity index is 1870. The van der Waals surface area contributed by atoms with Gasteiger partial charge in [-0.15, -0.1) is 0 Å². The van der Waals surface area contributed by atoms with E-state index in [1.54, 1.807) is 0 Å². The molecule has 1 heterocycles. The van der Waals surface area contributed by atoms with E-state index in [2.05, 4.69) is 54.2 Å². The Balaban J connectivity index is 0.954. The first-order valence-corrected chi connectivity index (χ1v) is 21.5. The van der Waals surface area contributed by atoms with Crippen molar-refractivity contribution >= 4 is 17.5 Å². The van der Waals surface area contributed by atoms with E-state index in [-0.39, 0.29) is 46.6 Å². The molecule has 1 aliphatic heterocycles. The van der Waals surface area contributed by atoms with Crippen molar-refractivity contribution in [1.82, 2.24) is 0 Å². The Morgan fingerprint density at radius 1 is 0.875 bits per heavy atom. The largest absolute Gasteiger partial charge is 0.459 e. The standard InChI is InChI=1S/C49H65NO6/c1-30(2)35-19-24-49(50)26-25-47(6)37(42(35)49)17-18-40-46(5)22-20-36(45(3,4)39(46)21-23-48(40,47)7)32-13-15-33(16-14-32)43(52)56-41-28-34(51)27-38(55-41)44(53)54-29-31-11-9-8-10-12-31/h8-16,20,34-35,37-42,51H,1,17-19,21-29,50H2,2-7H3/t34-,35-,37+,38-,39?,40?,41-,42?,46-,47+,48+,49-/m0/s1. The summed E-state index contributed by atoms with van der Waals surface area (Å²) in [4.78, 5) is 26.1. The van der Waals surface area contributed by atoms with Gasteiger partial charge in [0.2, 0.25) is 6.29 Å². The van der Waals surface area contributed by atoms with Crippen LogP contribution in [0.5, 0.6) is 0 Å². The van der Waals surface area contributed by atoms with Gasteiger partial charge in [-0.3, -0.25) is 0 Å². The average Bonchev–Trinajstić information content (AvgIpc) is 3.52. The minimum absolute atomic E-state index is 0.0252. The molecule has 5 aliphatic carbocycles. The van der Waals surface area contributed by atoms with E-state index in [1.807, 2.05) is 54.6 Å². The molecule has 0 radical (unpaired) electrons. The zero-order valence-corrected chi connectivity index (χ0v) is 34.7. The van der Waals surface area contributed by atoms with Gasteiger partial charge < -0.3 is 25.1 Å². The van der Waals surface area contributed by atoms with Gasteiger partial charge in [-0.1, -0.05) is 95.3 Å². The third kappa shape index (κ3) is 6.34. The maximum absolute atomic E-state index is 13.3. The molecule has 7 heteroatoms. The van der Waals surface area contributed by atoms with E-state index in [4.69, 9.17) is 19.9 Å². The summed E-state index contributed by atoms with van der Waals surface area (Å²) < 4.78 is 17.0. The first-order valence-electron chi connectivity index (χ1n) is 21.5. The third-order valence-electron chi connectivity index (χ3n) is 17.1. The fourth-order valence-electron chi connectivity index (χ4n) is 14.2. The van der Waals surface area contributed by atoms with Crippen LogP contribution < -0.4 is 5.73 Å². The molecule has 0 spiro atoms. The number of hydrogen-bond acceptors (Lipinski definition) is 7. The second-order valence-corrected chi connectivity index (χ2v) is 20.2. The maximum Gasteiger partial charge on any atom is 0.340 e. The number of nitrogens with two attached hydrogens (primary N) is 1. The number of benzene rings is 2. The fraction of sp³-hybridized carbons (Fsp3) is 0.633. The van der Waals surface area contributed by atoms with Crippen LogP contribution in [-0.4, -0.2) is 41.1 Å². The van der Waals surface area contributed by atoms with E-state index >= 15 is 0 Å². The number of hydrogen-bond donors (Lipinski definition) is 2. The SMILES string of the molecule is C=C(C)[C@@H]1CC[C@]2(N)CC[C@]3(C)[C@H](CCC4[C@@]5(C)CC=C(c6ccc(C(=O)O[C@H]7C[C@@H](O)C[C@@H](C(=O)OCc8ccccc8)O7)cc6)C(C)(C)C5CC[C@]43C)C12. The first-order chi connectivity index (χ1) is 26.5. The molecule has 8 rings (SSSR count). The zero-order valence-electron chi connectivity index (χ0n) is 34.7. The lowest BCUT2D eigenvalue weighted by atomic mass is 9.33. The summed E-state index contributed by atoms with van der Waals surface area (Å²) in [6.07, 6.45) is 10.7. The summed E-state index contributed by atoms with van der Waals surface area (Å²) in [5.74, 6) is 1.86. The summed E-state index contributed by atoms with van der Waals surface area (Å²) in [5.41, 5.74) is 13.1. The van der Waals surface area contributed by atoms with Gasteiger partial charge in [0.25, 0.3) is 0 Å². The molecule has 3 N–H and O–H groups in total. The highest BCUT2D eigenvalue weighted by Gasteiger charge is 2.70. The summed E-state index contributed by atoms with van der Waals surface area (Å²) in [6.45, 7) is 19.7. The maximum atomic E-state index is 13.3. The molecular weight excluding hydrogens is 699 g/mol. The predicted octanol–water partition coefficient (Wildman–Crippen LogP) is 9.81.